The number of hydrogen-bond donors (Lipinski definition) is 17. The van der Waals surface area contributed by atoms with Gasteiger partial charge in [-0.3, -0.25) is 86.9 Å². The Balaban J connectivity index is 1.09. The number of aliphatic hydroxyl groups is 1. The molecule has 0 spiro atoms. The maximum atomic E-state index is 15.8. The van der Waals surface area contributed by atoms with E-state index >= 15 is 38.4 Å². The fraction of sp³-hybridized carbons (Fsp3) is 0.547. The van der Waals surface area contributed by atoms with E-state index in [1.807, 2.05) is 94.4 Å². The van der Waals surface area contributed by atoms with E-state index in [9.17, 15) is 48.3 Å². The zero-order valence-corrected chi connectivity index (χ0v) is 79.5. The number of nitrogens with two attached hydrogens (primary N) is 3. The average molecular weight is 1900 g/mol. The first-order valence-electron chi connectivity index (χ1n) is 46.8. The number of guanidine groups is 1. The lowest BCUT2D eigenvalue weighted by molar-refractivity contribution is -0.150. The molecule has 40 nitrogen and oxygen atoms in total. The molecular weight excluding hydrogens is 1770 g/mol. The number of carbonyl (C=O) groups is 17. The van der Waals surface area contributed by atoms with Crippen molar-refractivity contribution >= 4 is 140 Å². The van der Waals surface area contributed by atoms with Crippen LogP contribution in [0.15, 0.2) is 104 Å². The zero-order chi connectivity index (χ0) is 99.0. The van der Waals surface area contributed by atoms with Gasteiger partial charge in [0.05, 0.1) is 37.7 Å². The summed E-state index contributed by atoms with van der Waals surface area (Å²) < 4.78 is 0. The number of Topliss-reactive ketones (excluding diaryl/α,β-unsaturated/α-hetero) is 2. The quantitative estimate of drug-likeness (QED) is 0.0187. The standard InChI is InChI=1S/C95H134N22O18S/c1-9-11-33-75-88(129)107-67(32-21-37-101-95(98)99)86(127)112-73(85(126)104-50-81(97)122)52-136-53-82(123)106-68(31-20-26-57-24-14-13-15-25-57)91(132)113(6)56(5)83(124)109-71(46-80(96)121)93(134)117-39-23-36-76(117)89(130)108-69(45-62-49-100-54-105-62)87(128)110-70(40-55(3)4)92(133)116-38-22-35-74(116)79(120)43-58(41-60-47-102-65-29-18-16-27-63(60)65)84(125)111-72(51-118)78(119)44-59(42-61-48-103-66-30-19-17-28-64(61)66)90(131)115(8)77(34-12-10-2)94(135)114(75)7/h13-19,24-25,27-30,47-49,54-56,58-59,67-77,102-103,118H,9-12,20-23,26,31-46,50-53H2,1-8H3,(H2,96,121)(H2,97,122)(H,100,105)(H,104,126)(H,106,123)(H,107,129)(H,108,130)(H,109,124)(H,110,128)(H,111,125)(H,112,127)(H4,98,99,101)/t56-,58+,59+,67-,68-,69-,70-,71-,72-,73-,74-,75-,76-,77-/m0/s1. The number of amides is 15. The number of H-pyrrole nitrogens is 3. The molecule has 0 unspecified atom stereocenters. The molecule has 6 heterocycles. The summed E-state index contributed by atoms with van der Waals surface area (Å²) in [5.74, 6) is -18.2. The van der Waals surface area contributed by atoms with Crippen LogP contribution in [0, 0.1) is 23.2 Å². The summed E-state index contributed by atoms with van der Waals surface area (Å²) in [4.78, 5) is 271. The van der Waals surface area contributed by atoms with Crippen molar-refractivity contribution in [2.45, 2.75) is 248 Å². The van der Waals surface area contributed by atoms with Gasteiger partial charge in [0, 0.05) is 124 Å². The van der Waals surface area contributed by atoms with E-state index in [0.29, 0.717) is 83.6 Å². The number of imidazole rings is 1. The fourth-order valence-corrected chi connectivity index (χ4v) is 18.6. The number of rotatable bonds is 28. The summed E-state index contributed by atoms with van der Waals surface area (Å²) in [7, 11) is 4.08. The second kappa shape index (κ2) is 52.1. The number of carbonyl (C=O) groups excluding carboxylic acids is 17. The zero-order valence-electron chi connectivity index (χ0n) is 78.7. The lowest BCUT2D eigenvalue weighted by Gasteiger charge is -2.36. The summed E-state index contributed by atoms with van der Waals surface area (Å²) in [6.45, 7) is 7.02. The van der Waals surface area contributed by atoms with Crippen LogP contribution >= 0.6 is 11.8 Å². The highest BCUT2D eigenvalue weighted by molar-refractivity contribution is 8.00. The van der Waals surface area contributed by atoms with Crippen LogP contribution in [-0.4, -0.2) is 294 Å². The SMILES string of the molecule is CCCC[C@H]1C(=O)N(C)[C@@H](CCCC)C(=O)N[C@@H](CCCNC(=N)N)C(=O)N[C@H](C(=O)NCC(N)=O)CSCC(=O)N[C@@H](CCCc2ccccc2)C(=O)N(C)[C@@H](C)C(=O)N[C@@H](CC(N)=O)C(=O)N2CCC[C@H]2C(=O)N[C@@H](Cc2cnc[nH]2)C(=O)N[C@@H](CC(C)C)C(=O)N2CCC[C@H]2C(=O)C[C@@H](Cc2c[nH]c3ccccc23)C(=O)N[C@@H](CO)C(=O)C[C@@H](Cc2c[nH]c3ccccc23)C(=O)N1C. The molecular formula is C95H134N22O18S. The monoisotopic (exact) mass is 1900 g/mol. The Kier molecular flexibility index (Phi) is 40.9. The number of fused-ring (bicyclic) bond motifs is 4. The predicted molar refractivity (Wildman–Crippen MR) is 508 cm³/mol. The first kappa shape index (κ1) is 107. The molecule has 0 radical (unpaired) electrons. The third-order valence-electron chi connectivity index (χ3n) is 25.3. The fourth-order valence-electron chi connectivity index (χ4n) is 17.7. The molecule has 3 aromatic heterocycles. The van der Waals surface area contributed by atoms with Crippen molar-refractivity contribution in [2.75, 3.05) is 65.4 Å². The van der Waals surface area contributed by atoms with Crippen LogP contribution in [0.2, 0.25) is 0 Å². The molecule has 0 aliphatic carbocycles. The van der Waals surface area contributed by atoms with E-state index in [1.165, 1.54) is 55.3 Å². The van der Waals surface area contributed by atoms with Crippen molar-refractivity contribution in [3.8, 4) is 0 Å². The van der Waals surface area contributed by atoms with Crippen LogP contribution in [-0.2, 0) is 107 Å². The summed E-state index contributed by atoms with van der Waals surface area (Å²) in [5, 5.41) is 44.8. The molecule has 6 aromatic rings. The molecule has 3 aliphatic rings. The molecule has 14 atom stereocenters. The summed E-state index contributed by atoms with van der Waals surface area (Å²) in [6, 6.07) is 6.49. The third-order valence-corrected chi connectivity index (χ3v) is 26.3. The number of aromatic nitrogens is 4. The van der Waals surface area contributed by atoms with Crippen molar-refractivity contribution in [3.63, 3.8) is 0 Å². The van der Waals surface area contributed by atoms with Gasteiger partial charge in [-0.05, 0) is 132 Å². The predicted octanol–water partition coefficient (Wildman–Crippen LogP) is 1.36. The van der Waals surface area contributed by atoms with Crippen LogP contribution in [0.1, 0.15) is 173 Å². The van der Waals surface area contributed by atoms with Crippen molar-refractivity contribution < 1.29 is 86.6 Å². The number of hydrogen-bond acceptors (Lipinski definition) is 21. The number of aromatic amines is 3. The minimum atomic E-state index is -1.73. The number of aryl methyl sites for hydroxylation is 1. The molecule has 3 aliphatic heterocycles. The number of ketones is 2. The van der Waals surface area contributed by atoms with Gasteiger partial charge in [0.1, 0.15) is 66.5 Å². The van der Waals surface area contributed by atoms with Gasteiger partial charge in [0.2, 0.25) is 88.6 Å². The Hall–Kier alpha value is -13.1. The molecule has 9 rings (SSSR count). The maximum absolute atomic E-state index is 15.8. The van der Waals surface area contributed by atoms with Gasteiger partial charge < -0.3 is 110 Å². The molecule has 3 aromatic carbocycles. The van der Waals surface area contributed by atoms with E-state index in [4.69, 9.17) is 22.6 Å². The van der Waals surface area contributed by atoms with Crippen LogP contribution < -0.4 is 65.1 Å². The van der Waals surface area contributed by atoms with Gasteiger partial charge >= 0.3 is 0 Å². The molecule has 136 heavy (non-hydrogen) atoms. The average Bonchev–Trinajstić information content (AvgIpc) is 1.72. The molecule has 0 bridgehead atoms. The van der Waals surface area contributed by atoms with Gasteiger partial charge in [-0.15, -0.1) is 11.8 Å². The largest absolute Gasteiger partial charge is 0.394 e. The summed E-state index contributed by atoms with van der Waals surface area (Å²) in [5.41, 5.74) is 20.8. The normalized spacial score (nSPS) is 24.2. The lowest BCUT2D eigenvalue weighted by Crippen LogP contribution is -2.60. The van der Waals surface area contributed by atoms with Crippen LogP contribution in [0.3, 0.4) is 0 Å². The molecule has 0 saturated carbocycles. The van der Waals surface area contributed by atoms with E-state index in [-0.39, 0.29) is 103 Å². The first-order chi connectivity index (χ1) is 65.0. The van der Waals surface area contributed by atoms with Crippen LogP contribution in [0.25, 0.3) is 21.8 Å². The van der Waals surface area contributed by atoms with Crippen molar-refractivity contribution in [1.29, 1.82) is 5.41 Å². The van der Waals surface area contributed by atoms with Gasteiger partial charge in [0.25, 0.3) is 0 Å². The van der Waals surface area contributed by atoms with Gasteiger partial charge in [-0.2, -0.15) is 0 Å². The molecule has 3 saturated heterocycles. The Bertz CT molecular complexity index is 5180. The van der Waals surface area contributed by atoms with Crippen molar-refractivity contribution in [3.05, 3.63) is 126 Å². The Labute approximate surface area is 794 Å². The molecule has 15 amide bonds. The highest BCUT2D eigenvalue weighted by Gasteiger charge is 2.46. The van der Waals surface area contributed by atoms with Gasteiger partial charge in [-0.1, -0.05) is 120 Å². The third kappa shape index (κ3) is 30.2. The molecule has 41 heteroatoms. The molecule has 3 fully saturated rings. The van der Waals surface area contributed by atoms with Gasteiger partial charge in [0.15, 0.2) is 17.5 Å². The second-order valence-corrected chi connectivity index (χ2v) is 36.9. The Morgan fingerprint density at radius 2 is 1.10 bits per heavy atom. The highest BCUT2D eigenvalue weighted by Crippen LogP contribution is 2.31. The van der Waals surface area contributed by atoms with Crippen molar-refractivity contribution in [1.82, 2.24) is 92.3 Å². The topological polar surface area (TPSA) is 597 Å². The molecule has 738 valence electrons. The van der Waals surface area contributed by atoms with Crippen LogP contribution in [0.4, 0.5) is 0 Å². The summed E-state index contributed by atoms with van der Waals surface area (Å²) >= 11 is 0.818. The minimum absolute atomic E-state index is 0.00334. The highest BCUT2D eigenvalue weighted by atomic mass is 32.2. The number of aliphatic hydroxyl groups excluding tert-OH is 1. The number of unbranched alkanes of at least 4 members (excludes halogenated alkanes) is 2. The Morgan fingerprint density at radius 1 is 0.537 bits per heavy atom. The number of benzene rings is 3. The van der Waals surface area contributed by atoms with E-state index in [1.54, 1.807) is 24.5 Å². The van der Waals surface area contributed by atoms with Crippen LogP contribution in [0.5, 0.6) is 0 Å². The number of nitrogens with one attached hydrogen (secondary N) is 13. The van der Waals surface area contributed by atoms with E-state index in [2.05, 4.69) is 67.8 Å². The Morgan fingerprint density at radius 3 is 1.71 bits per heavy atom. The number of likely N-dealkylation sites (N-methyl/N-ethyl adjacent to an activating group) is 3. The number of nitrogens with zero attached hydrogens (tertiary/aromatic N) is 6. The number of thioether (sulfide) groups is 1. The second-order valence-electron chi connectivity index (χ2n) is 35.9. The maximum Gasteiger partial charge on any atom is 0.246 e. The van der Waals surface area contributed by atoms with E-state index < -0.39 is 234 Å². The molecule has 20 N–H and O–H groups in total. The number of para-hydroxylation sites is 2. The smallest absolute Gasteiger partial charge is 0.246 e. The van der Waals surface area contributed by atoms with Gasteiger partial charge in [-0.25, -0.2) is 4.98 Å². The van der Waals surface area contributed by atoms with E-state index in [0.717, 1.165) is 27.1 Å². The number of primary amides is 2. The summed E-state index contributed by atoms with van der Waals surface area (Å²) in [6.07, 6.45) is 6.99. The first-order valence-corrected chi connectivity index (χ1v) is 48.0. The lowest BCUT2D eigenvalue weighted by atomic mass is 9.88. The van der Waals surface area contributed by atoms with Crippen molar-refractivity contribution in [2.24, 2.45) is 35.0 Å². The minimum Gasteiger partial charge on any atom is -0.394 e.